The van der Waals surface area contributed by atoms with Gasteiger partial charge in [0.2, 0.25) is 0 Å². The third-order valence-electron chi connectivity index (χ3n) is 4.86. The second-order valence-corrected chi connectivity index (χ2v) is 6.38. The number of aliphatic hydroxyl groups excluding tert-OH is 1. The largest absolute Gasteiger partial charge is 0.450 e. The van der Waals surface area contributed by atoms with Crippen LogP contribution >= 0.6 is 0 Å². The number of carbonyl (C=O) groups excluding carboxylic acids is 1. The van der Waals surface area contributed by atoms with Crippen LogP contribution in [0, 0.1) is 19.8 Å². The number of likely N-dealkylation sites (tertiary alicyclic amines) is 1. The number of hydrogen-bond donors (Lipinski definition) is 1. The van der Waals surface area contributed by atoms with Crippen LogP contribution in [0.3, 0.4) is 0 Å². The minimum absolute atomic E-state index is 0.0304. The summed E-state index contributed by atoms with van der Waals surface area (Å²) in [5.74, 6) is 0.722. The molecule has 1 fully saturated rings. The molecule has 1 atom stereocenters. The van der Waals surface area contributed by atoms with Crippen molar-refractivity contribution in [3.63, 3.8) is 0 Å². The first-order valence-electron chi connectivity index (χ1n) is 7.95. The molecule has 0 radical (unpaired) electrons. The molecule has 2 aromatic rings. The Bertz CT molecular complexity index is 694. The summed E-state index contributed by atoms with van der Waals surface area (Å²) in [7, 11) is 0. The average molecular weight is 301 g/mol. The Balaban J connectivity index is 1.84. The van der Waals surface area contributed by atoms with E-state index < -0.39 is 0 Å². The molecule has 22 heavy (non-hydrogen) atoms. The zero-order valence-corrected chi connectivity index (χ0v) is 13.4. The number of aliphatic hydroxyl groups is 1. The van der Waals surface area contributed by atoms with Crippen molar-refractivity contribution < 1.29 is 14.3 Å². The van der Waals surface area contributed by atoms with Gasteiger partial charge in [-0.15, -0.1) is 0 Å². The van der Waals surface area contributed by atoms with E-state index in [9.17, 15) is 9.90 Å². The maximum atomic E-state index is 12.7. The SMILES string of the molecule is Cc1c(C(=O)N2CCC(C(C)O)CC2)oc2c(C)cccc12. The maximum Gasteiger partial charge on any atom is 0.289 e. The average Bonchev–Trinajstić information content (AvgIpc) is 2.85. The van der Waals surface area contributed by atoms with Gasteiger partial charge in [-0.2, -0.15) is 0 Å². The second-order valence-electron chi connectivity index (χ2n) is 6.38. The summed E-state index contributed by atoms with van der Waals surface area (Å²) in [5, 5.41) is 10.7. The Morgan fingerprint density at radius 3 is 2.59 bits per heavy atom. The molecule has 2 heterocycles. The highest BCUT2D eigenvalue weighted by Gasteiger charge is 2.29. The van der Waals surface area contributed by atoms with Gasteiger partial charge in [-0.05, 0) is 45.1 Å². The zero-order valence-electron chi connectivity index (χ0n) is 13.4. The van der Waals surface area contributed by atoms with Gasteiger partial charge in [0.05, 0.1) is 6.10 Å². The Hall–Kier alpha value is -1.81. The van der Waals surface area contributed by atoms with Gasteiger partial charge in [0.25, 0.3) is 5.91 Å². The molecule has 0 bridgehead atoms. The topological polar surface area (TPSA) is 53.7 Å². The van der Waals surface area contributed by atoms with E-state index in [0.29, 0.717) is 24.8 Å². The first-order chi connectivity index (χ1) is 10.5. The third kappa shape index (κ3) is 2.52. The zero-order chi connectivity index (χ0) is 15.9. The van der Waals surface area contributed by atoms with Crippen LogP contribution in [-0.2, 0) is 0 Å². The number of fused-ring (bicyclic) bond motifs is 1. The van der Waals surface area contributed by atoms with Crippen LogP contribution in [0.4, 0.5) is 0 Å². The van der Waals surface area contributed by atoms with Crippen LogP contribution in [0.2, 0.25) is 0 Å². The molecule has 118 valence electrons. The van der Waals surface area contributed by atoms with Gasteiger partial charge in [0.1, 0.15) is 5.58 Å². The summed E-state index contributed by atoms with van der Waals surface area (Å²) >= 11 is 0. The van der Waals surface area contributed by atoms with Crippen LogP contribution in [0.1, 0.15) is 41.4 Å². The van der Waals surface area contributed by atoms with Gasteiger partial charge in [0, 0.05) is 24.0 Å². The summed E-state index contributed by atoms with van der Waals surface area (Å²) in [6, 6.07) is 5.98. The number of rotatable bonds is 2. The van der Waals surface area contributed by atoms with Crippen LogP contribution < -0.4 is 0 Å². The lowest BCUT2D eigenvalue weighted by atomic mass is 9.92. The van der Waals surface area contributed by atoms with E-state index in [1.807, 2.05) is 43.9 Å². The number of carbonyl (C=O) groups is 1. The summed E-state index contributed by atoms with van der Waals surface area (Å²) in [6.07, 6.45) is 1.40. The van der Waals surface area contributed by atoms with E-state index in [0.717, 1.165) is 34.9 Å². The molecule has 0 spiro atoms. The second kappa shape index (κ2) is 5.76. The van der Waals surface area contributed by atoms with Gasteiger partial charge in [-0.3, -0.25) is 4.79 Å². The molecule has 1 aromatic carbocycles. The van der Waals surface area contributed by atoms with Crippen molar-refractivity contribution in [3.8, 4) is 0 Å². The van der Waals surface area contributed by atoms with Gasteiger partial charge in [0.15, 0.2) is 5.76 Å². The molecule has 1 saturated heterocycles. The third-order valence-corrected chi connectivity index (χ3v) is 4.86. The highest BCUT2D eigenvalue weighted by molar-refractivity contribution is 5.99. The predicted octanol–water partition coefficient (Wildman–Crippen LogP) is 3.28. The van der Waals surface area contributed by atoms with Crippen LogP contribution in [0.25, 0.3) is 11.0 Å². The van der Waals surface area contributed by atoms with Crippen molar-refractivity contribution in [1.29, 1.82) is 0 Å². The number of benzene rings is 1. The molecular weight excluding hydrogens is 278 g/mol. The molecule has 1 aromatic heterocycles. The van der Waals surface area contributed by atoms with E-state index in [1.54, 1.807) is 0 Å². The minimum atomic E-state index is -0.298. The Labute approximate surface area is 130 Å². The van der Waals surface area contributed by atoms with E-state index in [1.165, 1.54) is 0 Å². The molecule has 3 rings (SSSR count). The maximum absolute atomic E-state index is 12.7. The molecule has 1 unspecified atom stereocenters. The van der Waals surface area contributed by atoms with Crippen LogP contribution in [0.15, 0.2) is 22.6 Å². The van der Waals surface area contributed by atoms with Gasteiger partial charge in [-0.1, -0.05) is 18.2 Å². The minimum Gasteiger partial charge on any atom is -0.450 e. The number of amides is 1. The monoisotopic (exact) mass is 301 g/mol. The molecule has 0 saturated carbocycles. The van der Waals surface area contributed by atoms with Crippen molar-refractivity contribution in [2.24, 2.45) is 5.92 Å². The fourth-order valence-electron chi connectivity index (χ4n) is 3.32. The normalized spacial score (nSPS) is 17.9. The number of nitrogens with zero attached hydrogens (tertiary/aromatic N) is 1. The first kappa shape index (κ1) is 15.1. The first-order valence-corrected chi connectivity index (χ1v) is 7.95. The number of para-hydroxylation sites is 1. The Morgan fingerprint density at radius 1 is 1.32 bits per heavy atom. The van der Waals surface area contributed by atoms with E-state index in [-0.39, 0.29) is 12.0 Å². The van der Waals surface area contributed by atoms with Gasteiger partial charge < -0.3 is 14.4 Å². The molecule has 1 amide bonds. The molecule has 4 heteroatoms. The summed E-state index contributed by atoms with van der Waals surface area (Å²) in [6.45, 7) is 7.14. The molecular formula is C18H23NO3. The lowest BCUT2D eigenvalue weighted by Crippen LogP contribution is -2.40. The van der Waals surface area contributed by atoms with Gasteiger partial charge in [-0.25, -0.2) is 0 Å². The smallest absolute Gasteiger partial charge is 0.289 e. The number of aryl methyl sites for hydroxylation is 2. The van der Waals surface area contributed by atoms with E-state index >= 15 is 0 Å². The lowest BCUT2D eigenvalue weighted by molar-refractivity contribution is 0.0499. The predicted molar refractivity (Wildman–Crippen MR) is 86.0 cm³/mol. The quantitative estimate of drug-likeness (QED) is 0.926. The van der Waals surface area contributed by atoms with Crippen molar-refractivity contribution in [3.05, 3.63) is 35.1 Å². The fourth-order valence-corrected chi connectivity index (χ4v) is 3.32. The summed E-state index contributed by atoms with van der Waals surface area (Å²) in [5.41, 5.74) is 2.77. The highest BCUT2D eigenvalue weighted by atomic mass is 16.3. The summed E-state index contributed by atoms with van der Waals surface area (Å²) in [4.78, 5) is 14.6. The molecule has 1 aliphatic heterocycles. The molecule has 0 aliphatic carbocycles. The number of hydrogen-bond acceptors (Lipinski definition) is 3. The van der Waals surface area contributed by atoms with Gasteiger partial charge >= 0.3 is 0 Å². The van der Waals surface area contributed by atoms with E-state index in [2.05, 4.69) is 0 Å². The molecule has 1 aliphatic rings. The Kier molecular flexibility index (Phi) is 3.96. The van der Waals surface area contributed by atoms with Crippen molar-refractivity contribution in [2.75, 3.05) is 13.1 Å². The van der Waals surface area contributed by atoms with Crippen molar-refractivity contribution in [2.45, 2.75) is 39.7 Å². The van der Waals surface area contributed by atoms with Crippen molar-refractivity contribution >= 4 is 16.9 Å². The highest BCUT2D eigenvalue weighted by Crippen LogP contribution is 2.30. The Morgan fingerprint density at radius 2 is 2.00 bits per heavy atom. The standard InChI is InChI=1S/C18H23NO3/c1-11-5-4-6-15-12(2)17(22-16(11)15)18(21)19-9-7-14(8-10-19)13(3)20/h4-6,13-14,20H,7-10H2,1-3H3. The number of furan rings is 1. The fraction of sp³-hybridized carbons (Fsp3) is 0.500. The van der Waals surface area contributed by atoms with E-state index in [4.69, 9.17) is 4.42 Å². The molecule has 1 N–H and O–H groups in total. The number of piperidine rings is 1. The lowest BCUT2D eigenvalue weighted by Gasteiger charge is -2.32. The summed E-state index contributed by atoms with van der Waals surface area (Å²) < 4.78 is 5.88. The molecule has 4 nitrogen and oxygen atoms in total. The van der Waals surface area contributed by atoms with Crippen LogP contribution in [0.5, 0.6) is 0 Å². The van der Waals surface area contributed by atoms with Crippen molar-refractivity contribution in [1.82, 2.24) is 4.90 Å². The van der Waals surface area contributed by atoms with Crippen LogP contribution in [-0.4, -0.2) is 35.1 Å².